The van der Waals surface area contributed by atoms with Crippen molar-refractivity contribution >= 4 is 22.6 Å². The number of hydrogen-bond acceptors (Lipinski definition) is 7. The van der Waals surface area contributed by atoms with Gasteiger partial charge in [-0.25, -0.2) is 14.6 Å². The van der Waals surface area contributed by atoms with E-state index in [1.54, 1.807) is 0 Å². The largest absolute Gasteiger partial charge is 0.375 e. The predicted octanol–water partition coefficient (Wildman–Crippen LogP) is 5.05. The van der Waals surface area contributed by atoms with Crippen LogP contribution in [0.1, 0.15) is 76.3 Å². The summed E-state index contributed by atoms with van der Waals surface area (Å²) in [6.07, 6.45) is 12.5. The zero-order valence-corrected chi connectivity index (χ0v) is 22.3. The average Bonchev–Trinajstić information content (AvgIpc) is 3.68. The van der Waals surface area contributed by atoms with Gasteiger partial charge in [0.25, 0.3) is 0 Å². The first-order valence-electron chi connectivity index (χ1n) is 14.5. The lowest BCUT2D eigenvalue weighted by atomic mass is 9.80. The Labute approximate surface area is 223 Å². The van der Waals surface area contributed by atoms with Gasteiger partial charge in [0.05, 0.1) is 35.4 Å². The van der Waals surface area contributed by atoms with Gasteiger partial charge in [-0.15, -0.1) is 0 Å². The lowest BCUT2D eigenvalue weighted by Gasteiger charge is -2.36. The van der Waals surface area contributed by atoms with Crippen LogP contribution in [0, 0.1) is 0 Å². The minimum Gasteiger partial charge on any atom is -0.375 e. The molecule has 200 valence electrons. The summed E-state index contributed by atoms with van der Waals surface area (Å²) >= 11 is 0. The van der Waals surface area contributed by atoms with Crippen LogP contribution < -0.4 is 4.90 Å². The number of rotatable bonds is 6. The first-order valence-corrected chi connectivity index (χ1v) is 14.5. The van der Waals surface area contributed by atoms with E-state index in [-0.39, 0.29) is 23.6 Å². The summed E-state index contributed by atoms with van der Waals surface area (Å²) in [6, 6.07) is 8.49. The third-order valence-electron chi connectivity index (χ3n) is 9.18. The Bertz CT molecular complexity index is 1310. The number of hydrogen-bond donors (Lipinski definition) is 0. The van der Waals surface area contributed by atoms with Crippen molar-refractivity contribution in [2.24, 2.45) is 0 Å². The molecule has 1 aromatic carbocycles. The van der Waals surface area contributed by atoms with Gasteiger partial charge in [0.15, 0.2) is 11.5 Å². The van der Waals surface area contributed by atoms with E-state index in [0.717, 1.165) is 86.2 Å². The van der Waals surface area contributed by atoms with Crippen molar-refractivity contribution in [1.82, 2.24) is 19.7 Å². The molecule has 7 rings (SSSR count). The Morgan fingerprint density at radius 2 is 1.79 bits per heavy atom. The first kappa shape index (κ1) is 24.2. The van der Waals surface area contributed by atoms with Gasteiger partial charge in [0, 0.05) is 38.1 Å². The molecular weight excluding hydrogens is 478 g/mol. The number of anilines is 1. The van der Waals surface area contributed by atoms with E-state index in [9.17, 15) is 4.79 Å². The highest BCUT2D eigenvalue weighted by Gasteiger charge is 2.40. The van der Waals surface area contributed by atoms with Crippen molar-refractivity contribution in [1.29, 1.82) is 0 Å². The Morgan fingerprint density at radius 1 is 1.03 bits per heavy atom. The highest BCUT2D eigenvalue weighted by Crippen LogP contribution is 2.44. The van der Waals surface area contributed by atoms with Crippen LogP contribution in [0.15, 0.2) is 30.5 Å². The van der Waals surface area contributed by atoms with Gasteiger partial charge >= 0.3 is 0 Å². The summed E-state index contributed by atoms with van der Waals surface area (Å²) in [6.45, 7) is 4.53. The summed E-state index contributed by atoms with van der Waals surface area (Å²) in [5.74, 6) is 1.93. The Kier molecular flexibility index (Phi) is 6.20. The molecule has 8 heteroatoms. The van der Waals surface area contributed by atoms with Crippen LogP contribution in [0.5, 0.6) is 0 Å². The van der Waals surface area contributed by atoms with E-state index in [2.05, 4.69) is 21.7 Å². The van der Waals surface area contributed by atoms with Crippen LogP contribution in [0.3, 0.4) is 0 Å². The third kappa shape index (κ3) is 4.41. The molecule has 3 aliphatic heterocycles. The fourth-order valence-corrected chi connectivity index (χ4v) is 6.98. The number of benzene rings is 1. The molecule has 5 heterocycles. The maximum atomic E-state index is 11.9. The van der Waals surface area contributed by atoms with Crippen LogP contribution in [0.2, 0.25) is 0 Å². The smallest absolute Gasteiger partial charge is 0.164 e. The molecule has 3 saturated heterocycles. The fourth-order valence-electron chi connectivity index (χ4n) is 6.98. The maximum Gasteiger partial charge on any atom is 0.164 e. The van der Waals surface area contributed by atoms with Crippen molar-refractivity contribution in [3.63, 3.8) is 0 Å². The van der Waals surface area contributed by atoms with E-state index in [1.165, 1.54) is 12.8 Å². The number of morpholine rings is 1. The predicted molar refractivity (Wildman–Crippen MR) is 145 cm³/mol. The lowest BCUT2D eigenvalue weighted by Crippen LogP contribution is -2.43. The summed E-state index contributed by atoms with van der Waals surface area (Å²) in [4.78, 5) is 24.6. The van der Waals surface area contributed by atoms with Gasteiger partial charge in [-0.2, -0.15) is 5.10 Å². The molecule has 38 heavy (non-hydrogen) atoms. The number of carbonyl (C=O) groups excluding carboxylic acids is 1. The van der Waals surface area contributed by atoms with Gasteiger partial charge in [-0.05, 0) is 56.9 Å². The number of nitrogens with zero attached hydrogens (tertiary/aromatic N) is 5. The maximum absolute atomic E-state index is 11.9. The molecule has 2 aromatic heterocycles. The van der Waals surface area contributed by atoms with Crippen molar-refractivity contribution in [2.45, 2.75) is 95.0 Å². The topological polar surface area (TPSA) is 82.4 Å². The minimum atomic E-state index is 0.0960. The number of carbonyl (C=O) groups is 1. The summed E-state index contributed by atoms with van der Waals surface area (Å²) in [7, 11) is 0. The highest BCUT2D eigenvalue weighted by molar-refractivity contribution is 5.89. The zero-order chi connectivity index (χ0) is 25.7. The number of fused-ring (bicyclic) bond motifs is 3. The Morgan fingerprint density at radius 3 is 2.47 bits per heavy atom. The molecule has 1 spiro atoms. The van der Waals surface area contributed by atoms with E-state index in [0.29, 0.717) is 24.7 Å². The van der Waals surface area contributed by atoms with E-state index >= 15 is 0 Å². The van der Waals surface area contributed by atoms with Crippen molar-refractivity contribution < 1.29 is 14.3 Å². The summed E-state index contributed by atoms with van der Waals surface area (Å²) in [5, 5.41) is 5.94. The molecule has 1 saturated carbocycles. The van der Waals surface area contributed by atoms with Crippen LogP contribution in [0.4, 0.5) is 5.82 Å². The Balaban J connectivity index is 1.25. The second-order valence-corrected chi connectivity index (χ2v) is 11.7. The standard InChI is InChI=1S/C30H37N5O3/c1-2-23(36)16-20-4-6-21(7-5-20)27-32-28(34-18-24-8-9-25(19-34)38-24)26-17-31-35(29(26)33-27)22-10-13-30(14-11-22)12-3-15-37-30/h4-7,17,22,24-25H,2-3,8-16,18-19H2,1H3. The van der Waals surface area contributed by atoms with Crippen molar-refractivity contribution in [3.05, 3.63) is 36.0 Å². The SMILES string of the molecule is CCC(=O)Cc1ccc(-c2nc(N3CC4CCC(C3)O4)c3cnn(C4CCC5(CCCO5)CC4)c3n2)cc1. The second-order valence-electron chi connectivity index (χ2n) is 11.7. The van der Waals surface area contributed by atoms with Gasteiger partial charge in [0.2, 0.25) is 0 Å². The van der Waals surface area contributed by atoms with Crippen LogP contribution in [0.25, 0.3) is 22.4 Å². The van der Waals surface area contributed by atoms with Crippen molar-refractivity contribution in [2.75, 3.05) is 24.6 Å². The molecule has 4 fully saturated rings. The summed E-state index contributed by atoms with van der Waals surface area (Å²) < 4.78 is 14.5. The lowest BCUT2D eigenvalue weighted by molar-refractivity contribution is -0.118. The molecule has 0 N–H and O–H groups in total. The number of aromatic nitrogens is 4. The first-order chi connectivity index (χ1) is 18.6. The molecule has 8 nitrogen and oxygen atoms in total. The summed E-state index contributed by atoms with van der Waals surface area (Å²) in [5.41, 5.74) is 3.01. The van der Waals surface area contributed by atoms with Crippen molar-refractivity contribution in [3.8, 4) is 11.4 Å². The Hall–Kier alpha value is -2.84. The van der Waals surface area contributed by atoms with E-state index < -0.39 is 0 Å². The van der Waals surface area contributed by atoms with Crippen LogP contribution in [-0.4, -0.2) is 63.0 Å². The third-order valence-corrected chi connectivity index (χ3v) is 9.18. The van der Waals surface area contributed by atoms with Gasteiger partial charge < -0.3 is 14.4 Å². The van der Waals surface area contributed by atoms with Gasteiger partial charge in [-0.1, -0.05) is 31.2 Å². The molecule has 3 aromatic rings. The molecule has 1 aliphatic carbocycles. The quantitative estimate of drug-likeness (QED) is 0.454. The molecule has 2 atom stereocenters. The molecule has 0 radical (unpaired) electrons. The van der Waals surface area contributed by atoms with Crippen LogP contribution in [-0.2, 0) is 20.7 Å². The minimum absolute atomic E-state index is 0.0960. The van der Waals surface area contributed by atoms with Gasteiger partial charge in [0.1, 0.15) is 11.6 Å². The molecule has 4 aliphatic rings. The average molecular weight is 516 g/mol. The monoisotopic (exact) mass is 515 g/mol. The molecule has 2 bridgehead atoms. The van der Waals surface area contributed by atoms with Gasteiger partial charge in [-0.3, -0.25) is 4.79 Å². The normalized spacial score (nSPS) is 29.0. The molecule has 2 unspecified atom stereocenters. The van der Waals surface area contributed by atoms with E-state index in [1.807, 2.05) is 25.3 Å². The number of Topliss-reactive ketones (excluding diaryl/α,β-unsaturated/α-hetero) is 1. The molecule has 0 amide bonds. The fraction of sp³-hybridized carbons (Fsp3) is 0.600. The van der Waals surface area contributed by atoms with Crippen LogP contribution >= 0.6 is 0 Å². The molecular formula is C30H37N5O3. The highest BCUT2D eigenvalue weighted by atomic mass is 16.5. The second kappa shape index (κ2) is 9.72. The zero-order valence-electron chi connectivity index (χ0n) is 22.3. The number of ketones is 1. The number of ether oxygens (including phenoxy) is 2. The van der Waals surface area contributed by atoms with E-state index in [4.69, 9.17) is 24.5 Å².